The maximum absolute atomic E-state index is 12.6. The molecule has 0 aliphatic heterocycles. The van der Waals surface area contributed by atoms with Crippen molar-refractivity contribution in [2.24, 2.45) is 0 Å². The van der Waals surface area contributed by atoms with Gasteiger partial charge in [0.15, 0.2) is 11.5 Å². The second-order valence-corrected chi connectivity index (χ2v) is 5.81. The highest BCUT2D eigenvalue weighted by molar-refractivity contribution is 6.32. The van der Waals surface area contributed by atoms with Crippen LogP contribution in [0.3, 0.4) is 0 Å². The molecular formula is C19H22ClNO4. The molecule has 1 N–H and O–H groups in total. The minimum Gasteiger partial charge on any atom is -0.495 e. The number of halogens is 1. The first-order chi connectivity index (χ1) is 12.0. The summed E-state index contributed by atoms with van der Waals surface area (Å²) >= 11 is 6.10. The van der Waals surface area contributed by atoms with Crippen molar-refractivity contribution >= 4 is 17.5 Å². The fourth-order valence-electron chi connectivity index (χ4n) is 2.54. The molecule has 6 heteroatoms. The van der Waals surface area contributed by atoms with Crippen molar-refractivity contribution in [3.8, 4) is 17.2 Å². The van der Waals surface area contributed by atoms with E-state index in [0.717, 1.165) is 12.0 Å². The Balaban J connectivity index is 2.21. The Hall–Kier alpha value is -2.40. The highest BCUT2D eigenvalue weighted by Gasteiger charge is 2.17. The summed E-state index contributed by atoms with van der Waals surface area (Å²) in [6, 6.07) is 10.4. The molecule has 0 radical (unpaired) electrons. The Morgan fingerprint density at radius 2 is 1.64 bits per heavy atom. The van der Waals surface area contributed by atoms with Gasteiger partial charge in [0.2, 0.25) is 0 Å². The Labute approximate surface area is 152 Å². The molecule has 25 heavy (non-hydrogen) atoms. The minimum absolute atomic E-state index is 0.159. The van der Waals surface area contributed by atoms with Crippen molar-refractivity contribution in [1.29, 1.82) is 0 Å². The third-order valence-corrected chi connectivity index (χ3v) is 4.23. The summed E-state index contributed by atoms with van der Waals surface area (Å²) in [6.07, 6.45) is 0.727. The van der Waals surface area contributed by atoms with Crippen LogP contribution in [0.1, 0.15) is 35.3 Å². The highest BCUT2D eigenvalue weighted by Crippen LogP contribution is 2.31. The largest absolute Gasteiger partial charge is 0.495 e. The van der Waals surface area contributed by atoms with E-state index < -0.39 is 0 Å². The van der Waals surface area contributed by atoms with E-state index in [2.05, 4.69) is 5.32 Å². The van der Waals surface area contributed by atoms with Crippen molar-refractivity contribution in [2.45, 2.75) is 19.4 Å². The number of nitrogens with one attached hydrogen (secondary N) is 1. The highest BCUT2D eigenvalue weighted by atomic mass is 35.5. The van der Waals surface area contributed by atoms with E-state index >= 15 is 0 Å². The monoisotopic (exact) mass is 363 g/mol. The van der Waals surface area contributed by atoms with Gasteiger partial charge in [0.05, 0.1) is 32.4 Å². The quantitative estimate of drug-likeness (QED) is 0.799. The fraction of sp³-hybridized carbons (Fsp3) is 0.316. The molecule has 2 rings (SSSR count). The SMILES string of the molecule is CCC(NC(=O)c1ccc(OC)c(Cl)c1)c1ccc(OC)c(OC)c1. The zero-order valence-corrected chi connectivity index (χ0v) is 15.5. The number of carbonyl (C=O) groups is 1. The Kier molecular flexibility index (Phi) is 6.53. The number of hydrogen-bond acceptors (Lipinski definition) is 4. The van der Waals surface area contributed by atoms with Gasteiger partial charge in [-0.2, -0.15) is 0 Å². The minimum atomic E-state index is -0.203. The van der Waals surface area contributed by atoms with Crippen molar-refractivity contribution < 1.29 is 19.0 Å². The summed E-state index contributed by atoms with van der Waals surface area (Å²) in [5.41, 5.74) is 1.41. The fourth-order valence-corrected chi connectivity index (χ4v) is 2.80. The number of methoxy groups -OCH3 is 3. The van der Waals surface area contributed by atoms with Gasteiger partial charge in [0.1, 0.15) is 5.75 Å². The number of ether oxygens (including phenoxy) is 3. The van der Waals surface area contributed by atoms with Gasteiger partial charge < -0.3 is 19.5 Å². The summed E-state index contributed by atoms with van der Waals surface area (Å²) in [7, 11) is 4.70. The van der Waals surface area contributed by atoms with Crippen LogP contribution in [0.15, 0.2) is 36.4 Å². The van der Waals surface area contributed by atoms with Crippen LogP contribution in [0.2, 0.25) is 5.02 Å². The molecule has 5 nitrogen and oxygen atoms in total. The van der Waals surface area contributed by atoms with E-state index in [4.69, 9.17) is 25.8 Å². The predicted octanol–water partition coefficient (Wildman–Crippen LogP) is 4.25. The number of benzene rings is 2. The third kappa shape index (κ3) is 4.37. The van der Waals surface area contributed by atoms with Crippen LogP contribution in [0.5, 0.6) is 17.2 Å². The van der Waals surface area contributed by atoms with Gasteiger partial charge >= 0.3 is 0 Å². The summed E-state index contributed by atoms with van der Waals surface area (Å²) in [5, 5.41) is 3.42. The van der Waals surface area contributed by atoms with Crippen LogP contribution >= 0.6 is 11.6 Å². The van der Waals surface area contributed by atoms with Crippen LogP contribution < -0.4 is 19.5 Å². The summed E-state index contributed by atoms with van der Waals surface area (Å²) in [5.74, 6) is 1.60. The molecule has 0 fully saturated rings. The van der Waals surface area contributed by atoms with Crippen LogP contribution in [0.4, 0.5) is 0 Å². The molecule has 0 spiro atoms. The van der Waals surface area contributed by atoms with Gasteiger partial charge in [-0.1, -0.05) is 24.6 Å². The topological polar surface area (TPSA) is 56.8 Å². The Morgan fingerprint density at radius 3 is 2.20 bits per heavy atom. The molecule has 1 unspecified atom stereocenters. The normalized spacial score (nSPS) is 11.6. The number of amides is 1. The lowest BCUT2D eigenvalue weighted by Gasteiger charge is -2.19. The van der Waals surface area contributed by atoms with E-state index in [0.29, 0.717) is 27.8 Å². The van der Waals surface area contributed by atoms with E-state index in [-0.39, 0.29) is 11.9 Å². The Bertz CT molecular complexity index is 748. The molecule has 0 aromatic heterocycles. The van der Waals surface area contributed by atoms with Crippen molar-refractivity contribution in [2.75, 3.05) is 21.3 Å². The average molecular weight is 364 g/mol. The molecule has 0 bridgehead atoms. The molecule has 0 aliphatic rings. The maximum Gasteiger partial charge on any atom is 0.251 e. The lowest BCUT2D eigenvalue weighted by Crippen LogP contribution is -2.28. The third-order valence-electron chi connectivity index (χ3n) is 3.94. The van der Waals surface area contributed by atoms with Gasteiger partial charge in [0.25, 0.3) is 5.91 Å². The first-order valence-corrected chi connectivity index (χ1v) is 8.28. The van der Waals surface area contributed by atoms with Crippen molar-refractivity contribution in [3.63, 3.8) is 0 Å². The van der Waals surface area contributed by atoms with Crippen LogP contribution in [-0.2, 0) is 0 Å². The number of carbonyl (C=O) groups excluding carboxylic acids is 1. The molecule has 2 aromatic carbocycles. The smallest absolute Gasteiger partial charge is 0.251 e. The van der Waals surface area contributed by atoms with Gasteiger partial charge in [-0.05, 0) is 42.3 Å². The van der Waals surface area contributed by atoms with Gasteiger partial charge in [0, 0.05) is 5.56 Å². The van der Waals surface area contributed by atoms with Gasteiger partial charge in [-0.15, -0.1) is 0 Å². The lowest BCUT2D eigenvalue weighted by atomic mass is 10.0. The van der Waals surface area contributed by atoms with Crippen LogP contribution in [-0.4, -0.2) is 27.2 Å². The van der Waals surface area contributed by atoms with E-state index in [9.17, 15) is 4.79 Å². The molecule has 134 valence electrons. The Morgan fingerprint density at radius 1 is 1.00 bits per heavy atom. The number of rotatable bonds is 7. The standard InChI is InChI=1S/C19H22ClNO4/c1-5-15(12-6-9-17(24-3)18(11-12)25-4)21-19(22)13-7-8-16(23-2)14(20)10-13/h6-11,15H,5H2,1-4H3,(H,21,22). The first-order valence-electron chi connectivity index (χ1n) is 7.90. The molecule has 0 saturated heterocycles. The van der Waals surface area contributed by atoms with Gasteiger partial charge in [-0.3, -0.25) is 4.79 Å². The molecule has 1 amide bonds. The van der Waals surface area contributed by atoms with E-state index in [1.165, 1.54) is 7.11 Å². The van der Waals surface area contributed by atoms with E-state index in [1.807, 2.05) is 25.1 Å². The van der Waals surface area contributed by atoms with Crippen molar-refractivity contribution in [1.82, 2.24) is 5.32 Å². The molecule has 1 atom stereocenters. The van der Waals surface area contributed by atoms with Crippen molar-refractivity contribution in [3.05, 3.63) is 52.5 Å². The molecular weight excluding hydrogens is 342 g/mol. The number of hydrogen-bond donors (Lipinski definition) is 1. The zero-order chi connectivity index (χ0) is 18.4. The average Bonchev–Trinajstić information content (AvgIpc) is 2.65. The molecule has 0 saturated carbocycles. The summed E-state index contributed by atoms with van der Waals surface area (Å²) in [6.45, 7) is 2.00. The lowest BCUT2D eigenvalue weighted by molar-refractivity contribution is 0.0935. The molecule has 0 heterocycles. The first kappa shape index (κ1) is 18.9. The summed E-state index contributed by atoms with van der Waals surface area (Å²) < 4.78 is 15.7. The van der Waals surface area contributed by atoms with E-state index in [1.54, 1.807) is 32.4 Å². The summed E-state index contributed by atoms with van der Waals surface area (Å²) in [4.78, 5) is 12.6. The van der Waals surface area contributed by atoms with Crippen LogP contribution in [0.25, 0.3) is 0 Å². The second kappa shape index (κ2) is 8.62. The molecule has 0 aliphatic carbocycles. The predicted molar refractivity (Wildman–Crippen MR) is 98.0 cm³/mol. The maximum atomic E-state index is 12.6. The van der Waals surface area contributed by atoms with Gasteiger partial charge in [-0.25, -0.2) is 0 Å². The van der Waals surface area contributed by atoms with Crippen LogP contribution in [0, 0.1) is 0 Å². The second-order valence-electron chi connectivity index (χ2n) is 5.40. The zero-order valence-electron chi connectivity index (χ0n) is 14.8. The molecule has 2 aromatic rings.